The molecule has 2 fully saturated rings. The summed E-state index contributed by atoms with van der Waals surface area (Å²) in [5, 5.41) is 11.0. The second-order valence-electron chi connectivity index (χ2n) is 8.42. The summed E-state index contributed by atoms with van der Waals surface area (Å²) in [6, 6.07) is 4.87. The van der Waals surface area contributed by atoms with Gasteiger partial charge in [0.25, 0.3) is 5.91 Å². The van der Waals surface area contributed by atoms with Crippen molar-refractivity contribution >= 4 is 17.7 Å². The van der Waals surface area contributed by atoms with Gasteiger partial charge in [0, 0.05) is 37.2 Å². The molecule has 1 unspecified atom stereocenters. The average Bonchev–Trinajstić information content (AvgIpc) is 3.39. The van der Waals surface area contributed by atoms with Gasteiger partial charge in [-0.2, -0.15) is 0 Å². The number of piperidine rings is 1. The summed E-state index contributed by atoms with van der Waals surface area (Å²) in [6.07, 6.45) is 4.31. The molecule has 1 atom stereocenters. The van der Waals surface area contributed by atoms with Crippen molar-refractivity contribution in [3.05, 3.63) is 41.2 Å². The Kier molecular flexibility index (Phi) is 5.71. The highest BCUT2D eigenvalue weighted by Gasteiger charge is 2.40. The van der Waals surface area contributed by atoms with Crippen molar-refractivity contribution in [2.45, 2.75) is 38.3 Å². The van der Waals surface area contributed by atoms with E-state index in [-0.39, 0.29) is 18.2 Å². The number of morpholine rings is 1. The van der Waals surface area contributed by atoms with E-state index in [1.54, 1.807) is 15.6 Å². The van der Waals surface area contributed by atoms with E-state index < -0.39 is 11.9 Å². The lowest BCUT2D eigenvalue weighted by molar-refractivity contribution is -0.136. The van der Waals surface area contributed by atoms with E-state index in [4.69, 9.17) is 4.74 Å². The van der Waals surface area contributed by atoms with E-state index in [9.17, 15) is 14.4 Å². The van der Waals surface area contributed by atoms with Crippen LogP contribution in [0.2, 0.25) is 0 Å². The fraction of sp³-hybridized carbons (Fsp3) is 0.500. The Hall–Kier alpha value is -3.11. The number of carbonyl (C=O) groups excluding carboxylic acids is 3. The number of ether oxygens (including phenoxy) is 1. The van der Waals surface area contributed by atoms with E-state index in [2.05, 4.69) is 20.5 Å². The minimum atomic E-state index is -0.632. The van der Waals surface area contributed by atoms with Crippen LogP contribution in [0, 0.1) is 0 Å². The van der Waals surface area contributed by atoms with Crippen molar-refractivity contribution < 1.29 is 19.1 Å². The molecule has 168 valence electrons. The van der Waals surface area contributed by atoms with Crippen LogP contribution in [0.15, 0.2) is 24.4 Å². The van der Waals surface area contributed by atoms with Gasteiger partial charge in [-0.1, -0.05) is 11.3 Å². The number of nitrogens with zero attached hydrogens (tertiary/aromatic N) is 5. The zero-order valence-corrected chi connectivity index (χ0v) is 17.8. The standard InChI is InChI=1S/C22H26N6O4/c29-20-7-6-19(21(30)23-20)27-14-17-16(22(27)31)4-1-5-18(17)28-13-15(24-25-28)3-2-8-26-9-11-32-12-10-26/h1,4-5,13,19H,2-3,6-12,14H2,(H,23,29,30). The molecule has 1 aromatic heterocycles. The summed E-state index contributed by atoms with van der Waals surface area (Å²) in [7, 11) is 0. The monoisotopic (exact) mass is 438 g/mol. The lowest BCUT2D eigenvalue weighted by Gasteiger charge is -2.29. The molecule has 2 aromatic rings. The number of aryl methyl sites for hydroxylation is 1. The van der Waals surface area contributed by atoms with Gasteiger partial charge in [0.2, 0.25) is 11.8 Å². The van der Waals surface area contributed by atoms with Crippen LogP contribution in [0.4, 0.5) is 0 Å². The first-order valence-corrected chi connectivity index (χ1v) is 11.1. The Morgan fingerprint density at radius 3 is 2.81 bits per heavy atom. The van der Waals surface area contributed by atoms with E-state index in [1.165, 1.54) is 0 Å². The number of rotatable bonds is 6. The molecule has 5 rings (SSSR count). The second-order valence-corrected chi connectivity index (χ2v) is 8.42. The van der Waals surface area contributed by atoms with Crippen molar-refractivity contribution in [1.29, 1.82) is 0 Å². The van der Waals surface area contributed by atoms with Gasteiger partial charge < -0.3 is 9.64 Å². The van der Waals surface area contributed by atoms with Crippen LogP contribution in [0.3, 0.4) is 0 Å². The summed E-state index contributed by atoms with van der Waals surface area (Å²) < 4.78 is 7.10. The quantitative estimate of drug-likeness (QED) is 0.646. The Morgan fingerprint density at radius 2 is 2.00 bits per heavy atom. The molecule has 10 nitrogen and oxygen atoms in total. The summed E-state index contributed by atoms with van der Waals surface area (Å²) >= 11 is 0. The van der Waals surface area contributed by atoms with Gasteiger partial charge in [-0.15, -0.1) is 5.10 Å². The van der Waals surface area contributed by atoms with Crippen LogP contribution in [0.5, 0.6) is 0 Å². The maximum Gasteiger partial charge on any atom is 0.255 e. The van der Waals surface area contributed by atoms with E-state index in [0.29, 0.717) is 18.5 Å². The van der Waals surface area contributed by atoms with Crippen molar-refractivity contribution in [3.8, 4) is 5.69 Å². The molecule has 2 saturated heterocycles. The SMILES string of the molecule is O=C1CCC(N2Cc3c(cccc3-n3cc(CCCN4CCOCC4)nn3)C2=O)C(=O)N1. The zero-order valence-electron chi connectivity index (χ0n) is 17.8. The van der Waals surface area contributed by atoms with Gasteiger partial charge in [-0.3, -0.25) is 24.6 Å². The lowest BCUT2D eigenvalue weighted by Crippen LogP contribution is -2.52. The van der Waals surface area contributed by atoms with Crippen molar-refractivity contribution in [3.63, 3.8) is 0 Å². The molecule has 0 radical (unpaired) electrons. The molecule has 3 aliphatic rings. The average molecular weight is 438 g/mol. The van der Waals surface area contributed by atoms with Crippen molar-refractivity contribution in [1.82, 2.24) is 30.1 Å². The molecule has 32 heavy (non-hydrogen) atoms. The van der Waals surface area contributed by atoms with Gasteiger partial charge in [0.1, 0.15) is 6.04 Å². The molecule has 0 bridgehead atoms. The first-order chi connectivity index (χ1) is 15.6. The maximum atomic E-state index is 13.0. The van der Waals surface area contributed by atoms with E-state index >= 15 is 0 Å². The van der Waals surface area contributed by atoms with Gasteiger partial charge >= 0.3 is 0 Å². The predicted octanol–water partition coefficient (Wildman–Crippen LogP) is 0.293. The van der Waals surface area contributed by atoms with Crippen LogP contribution in [0.25, 0.3) is 5.69 Å². The second kappa shape index (κ2) is 8.79. The van der Waals surface area contributed by atoms with Crippen LogP contribution < -0.4 is 5.32 Å². The maximum absolute atomic E-state index is 13.0. The molecular weight excluding hydrogens is 412 g/mol. The molecule has 3 amide bonds. The zero-order chi connectivity index (χ0) is 22.1. The number of imide groups is 1. The lowest BCUT2D eigenvalue weighted by atomic mass is 10.0. The normalized spacial score (nSPS) is 21.7. The summed E-state index contributed by atoms with van der Waals surface area (Å²) in [6.45, 7) is 4.85. The predicted molar refractivity (Wildman–Crippen MR) is 113 cm³/mol. The number of aromatic nitrogens is 3. The topological polar surface area (TPSA) is 110 Å². The first-order valence-electron chi connectivity index (χ1n) is 11.1. The molecule has 0 spiro atoms. The molecule has 10 heteroatoms. The highest BCUT2D eigenvalue weighted by Crippen LogP contribution is 2.31. The number of hydrogen-bond acceptors (Lipinski definition) is 7. The van der Waals surface area contributed by atoms with E-state index in [1.807, 2.05) is 18.3 Å². The third-order valence-electron chi connectivity index (χ3n) is 6.36. The number of fused-ring (bicyclic) bond motifs is 1. The van der Waals surface area contributed by atoms with Crippen LogP contribution >= 0.6 is 0 Å². The molecular formula is C22H26N6O4. The number of hydrogen-bond donors (Lipinski definition) is 1. The van der Waals surface area contributed by atoms with Crippen LogP contribution in [-0.4, -0.2) is 81.4 Å². The van der Waals surface area contributed by atoms with Gasteiger partial charge in [-0.25, -0.2) is 4.68 Å². The van der Waals surface area contributed by atoms with Crippen LogP contribution in [-0.2, 0) is 27.3 Å². The summed E-state index contributed by atoms with van der Waals surface area (Å²) in [5.74, 6) is -0.894. The number of benzene rings is 1. The molecule has 4 heterocycles. The minimum absolute atomic E-state index is 0.192. The fourth-order valence-corrected chi connectivity index (χ4v) is 4.62. The molecule has 0 saturated carbocycles. The Morgan fingerprint density at radius 1 is 1.16 bits per heavy atom. The highest BCUT2D eigenvalue weighted by atomic mass is 16.5. The van der Waals surface area contributed by atoms with Gasteiger partial charge in [-0.05, 0) is 37.9 Å². The number of amides is 3. The number of nitrogens with one attached hydrogen (secondary N) is 1. The minimum Gasteiger partial charge on any atom is -0.379 e. The molecule has 0 aliphatic carbocycles. The van der Waals surface area contributed by atoms with E-state index in [0.717, 1.165) is 62.6 Å². The fourth-order valence-electron chi connectivity index (χ4n) is 4.62. The summed E-state index contributed by atoms with van der Waals surface area (Å²) in [4.78, 5) is 40.7. The van der Waals surface area contributed by atoms with Crippen molar-refractivity contribution in [2.24, 2.45) is 0 Å². The van der Waals surface area contributed by atoms with Crippen LogP contribution in [0.1, 0.15) is 40.9 Å². The van der Waals surface area contributed by atoms with Gasteiger partial charge in [0.15, 0.2) is 0 Å². The highest BCUT2D eigenvalue weighted by molar-refractivity contribution is 6.05. The molecule has 3 aliphatic heterocycles. The largest absolute Gasteiger partial charge is 0.379 e. The Balaban J connectivity index is 1.28. The third-order valence-corrected chi connectivity index (χ3v) is 6.36. The Labute approximate surface area is 185 Å². The van der Waals surface area contributed by atoms with Gasteiger partial charge in [0.05, 0.1) is 30.8 Å². The smallest absolute Gasteiger partial charge is 0.255 e. The van der Waals surface area contributed by atoms with Crippen molar-refractivity contribution in [2.75, 3.05) is 32.8 Å². The molecule has 1 aromatic carbocycles. The summed E-state index contributed by atoms with van der Waals surface area (Å²) in [5.41, 5.74) is 3.09. The molecule has 1 N–H and O–H groups in total. The third kappa shape index (κ3) is 4.03. The first kappa shape index (κ1) is 20.8. The Bertz CT molecular complexity index is 1040. The number of carbonyl (C=O) groups is 3.